The number of benzene rings is 2. The molecule has 0 radical (unpaired) electrons. The van der Waals surface area contributed by atoms with Crippen molar-refractivity contribution in [3.8, 4) is 11.1 Å². The maximum absolute atomic E-state index is 14.5. The van der Waals surface area contributed by atoms with Crippen LogP contribution in [0, 0.1) is 5.82 Å². The molecule has 1 aromatic heterocycles. The lowest BCUT2D eigenvalue weighted by atomic mass is 10.0. The van der Waals surface area contributed by atoms with Crippen LogP contribution in [0.4, 0.5) is 14.9 Å². The highest BCUT2D eigenvalue weighted by Gasteiger charge is 2.31. The topological polar surface area (TPSA) is 120 Å². The highest BCUT2D eigenvalue weighted by molar-refractivity contribution is 5.90. The Bertz CT molecular complexity index is 1290. The molecule has 0 unspecified atom stereocenters. The molecule has 1 saturated heterocycles. The Balaban J connectivity index is 0.000000275. The van der Waals surface area contributed by atoms with Gasteiger partial charge in [0.2, 0.25) is 6.41 Å². The second kappa shape index (κ2) is 12.4. The van der Waals surface area contributed by atoms with Crippen LogP contribution in [0.3, 0.4) is 0 Å². The van der Waals surface area contributed by atoms with Crippen LogP contribution in [-0.2, 0) is 23.1 Å². The molecule has 2 heterocycles. The molecule has 0 aliphatic carbocycles. The number of nitrogens with two attached hydrogens (primary N) is 1. The van der Waals surface area contributed by atoms with Crippen LogP contribution in [0.15, 0.2) is 65.9 Å². The lowest BCUT2D eigenvalue weighted by Gasteiger charge is -2.14. The number of hydrogen-bond acceptors (Lipinski definition) is 6. The minimum absolute atomic E-state index is 0.0156. The van der Waals surface area contributed by atoms with Crippen molar-refractivity contribution >= 4 is 24.3 Å². The molecular weight excluding hydrogens is 465 g/mol. The molecule has 0 saturated carbocycles. The second-order valence-corrected chi connectivity index (χ2v) is 7.98. The SMILES string of the molecule is C/C=C/c1cncn(C)c1=O.NC[C@H]1CN(c2ccc(-c3ccc(CNC=O)cc3)c(F)c2)C(=O)O1. The number of amides is 2. The van der Waals surface area contributed by atoms with Gasteiger partial charge in [0.15, 0.2) is 0 Å². The maximum Gasteiger partial charge on any atom is 0.414 e. The van der Waals surface area contributed by atoms with E-state index in [4.69, 9.17) is 10.5 Å². The van der Waals surface area contributed by atoms with Crippen LogP contribution >= 0.6 is 0 Å². The third kappa shape index (κ3) is 6.42. The van der Waals surface area contributed by atoms with Gasteiger partial charge < -0.3 is 20.4 Å². The monoisotopic (exact) mass is 493 g/mol. The van der Waals surface area contributed by atoms with Gasteiger partial charge in [-0.15, -0.1) is 0 Å². The predicted molar refractivity (Wildman–Crippen MR) is 136 cm³/mol. The molecule has 3 N–H and O–H groups in total. The van der Waals surface area contributed by atoms with Gasteiger partial charge in [-0.2, -0.15) is 0 Å². The third-order valence-electron chi connectivity index (χ3n) is 5.42. The Kier molecular flexibility index (Phi) is 9.07. The maximum atomic E-state index is 14.5. The molecule has 4 rings (SSSR count). The first-order valence-electron chi connectivity index (χ1n) is 11.2. The van der Waals surface area contributed by atoms with E-state index in [0.717, 1.165) is 5.56 Å². The summed E-state index contributed by atoms with van der Waals surface area (Å²) in [5.74, 6) is -0.430. The van der Waals surface area contributed by atoms with Gasteiger partial charge in [0.25, 0.3) is 5.56 Å². The molecule has 9 nitrogen and oxygen atoms in total. The fourth-order valence-electron chi connectivity index (χ4n) is 3.54. The molecular formula is C26H28FN5O4. The lowest BCUT2D eigenvalue weighted by Crippen LogP contribution is -2.27. The molecule has 0 spiro atoms. The van der Waals surface area contributed by atoms with Crippen LogP contribution in [0.5, 0.6) is 0 Å². The van der Waals surface area contributed by atoms with Gasteiger partial charge in [0, 0.05) is 31.9 Å². The number of anilines is 1. The number of cyclic esters (lactones) is 1. The Hall–Kier alpha value is -4.31. The summed E-state index contributed by atoms with van der Waals surface area (Å²) in [4.78, 5) is 38.6. The number of aryl methyl sites for hydroxylation is 1. The zero-order chi connectivity index (χ0) is 26.1. The van der Waals surface area contributed by atoms with Crippen molar-refractivity contribution in [1.29, 1.82) is 0 Å². The van der Waals surface area contributed by atoms with Crippen molar-refractivity contribution in [2.24, 2.45) is 12.8 Å². The van der Waals surface area contributed by atoms with E-state index < -0.39 is 11.9 Å². The van der Waals surface area contributed by atoms with Crippen LogP contribution in [-0.4, -0.2) is 41.2 Å². The molecule has 2 aromatic carbocycles. The number of halogens is 1. The summed E-state index contributed by atoms with van der Waals surface area (Å²) in [6.45, 7) is 2.83. The van der Waals surface area contributed by atoms with Crippen LogP contribution < -0.4 is 21.5 Å². The standard InChI is InChI=1S/C18H18FN3O3.C8H10N2O/c19-17-7-14(22-10-15(8-20)25-18(22)24)5-6-16(17)13-3-1-12(2-4-13)9-21-11-23;1-3-4-7-5-9-6-10(2)8(7)11/h1-7,11,15H,8-10,20H2,(H,21,23);3-6H,1-2H3/b;4-3+/t15-;/m0./s1. The minimum atomic E-state index is -0.519. The summed E-state index contributed by atoms with van der Waals surface area (Å²) >= 11 is 0. The molecule has 1 aliphatic heterocycles. The normalized spacial score (nSPS) is 14.8. The van der Waals surface area contributed by atoms with Gasteiger partial charge in [0.1, 0.15) is 11.9 Å². The highest BCUT2D eigenvalue weighted by atomic mass is 19.1. The molecule has 188 valence electrons. The van der Waals surface area contributed by atoms with Crippen molar-refractivity contribution in [3.63, 3.8) is 0 Å². The molecule has 2 amide bonds. The van der Waals surface area contributed by atoms with Gasteiger partial charge in [0.05, 0.1) is 24.1 Å². The van der Waals surface area contributed by atoms with Crippen molar-refractivity contribution in [1.82, 2.24) is 14.9 Å². The summed E-state index contributed by atoms with van der Waals surface area (Å²) in [6.07, 6.45) is 6.36. The van der Waals surface area contributed by atoms with E-state index in [1.807, 2.05) is 25.1 Å². The molecule has 1 fully saturated rings. The van der Waals surface area contributed by atoms with Crippen LogP contribution in [0.2, 0.25) is 0 Å². The van der Waals surface area contributed by atoms with Crippen molar-refractivity contribution in [2.75, 3.05) is 18.0 Å². The molecule has 0 bridgehead atoms. The van der Waals surface area contributed by atoms with Gasteiger partial charge in [-0.25, -0.2) is 14.2 Å². The highest BCUT2D eigenvalue weighted by Crippen LogP contribution is 2.29. The van der Waals surface area contributed by atoms with E-state index in [1.54, 1.807) is 43.6 Å². The van der Waals surface area contributed by atoms with Crippen LogP contribution in [0.1, 0.15) is 18.1 Å². The largest absolute Gasteiger partial charge is 0.443 e. The number of nitrogens with one attached hydrogen (secondary N) is 1. The van der Waals surface area contributed by atoms with Crippen molar-refractivity contribution < 1.29 is 18.7 Å². The number of rotatable bonds is 7. The van der Waals surface area contributed by atoms with E-state index in [2.05, 4.69) is 10.3 Å². The van der Waals surface area contributed by atoms with Crippen molar-refractivity contribution in [3.05, 3.63) is 88.4 Å². The molecule has 10 heteroatoms. The van der Waals surface area contributed by atoms with Gasteiger partial charge >= 0.3 is 6.09 Å². The zero-order valence-electron chi connectivity index (χ0n) is 20.1. The molecule has 36 heavy (non-hydrogen) atoms. The Morgan fingerprint density at radius 1 is 1.22 bits per heavy atom. The van der Waals surface area contributed by atoms with E-state index >= 15 is 0 Å². The van der Waals surface area contributed by atoms with Gasteiger partial charge in [-0.1, -0.05) is 36.4 Å². The zero-order valence-corrected chi connectivity index (χ0v) is 20.1. The fourth-order valence-corrected chi connectivity index (χ4v) is 3.54. The third-order valence-corrected chi connectivity index (χ3v) is 5.42. The van der Waals surface area contributed by atoms with E-state index in [1.165, 1.54) is 21.9 Å². The Morgan fingerprint density at radius 2 is 1.97 bits per heavy atom. The Morgan fingerprint density at radius 3 is 2.58 bits per heavy atom. The average Bonchev–Trinajstić information content (AvgIpc) is 3.27. The number of allylic oxidation sites excluding steroid dienone is 1. The summed E-state index contributed by atoms with van der Waals surface area (Å²) in [7, 11) is 1.68. The number of aromatic nitrogens is 2. The number of carbonyl (C=O) groups excluding carboxylic acids is 2. The smallest absolute Gasteiger partial charge is 0.414 e. The number of hydrogen-bond donors (Lipinski definition) is 2. The summed E-state index contributed by atoms with van der Waals surface area (Å²) in [5, 5.41) is 2.57. The first kappa shape index (κ1) is 26.3. The van der Waals surface area contributed by atoms with Gasteiger partial charge in [-0.05, 0) is 36.2 Å². The molecule has 1 atom stereocenters. The van der Waals surface area contributed by atoms with E-state index in [9.17, 15) is 18.8 Å². The summed E-state index contributed by atoms with van der Waals surface area (Å²) in [6, 6.07) is 11.8. The van der Waals surface area contributed by atoms with Crippen LogP contribution in [0.25, 0.3) is 17.2 Å². The van der Waals surface area contributed by atoms with Crippen molar-refractivity contribution in [2.45, 2.75) is 19.6 Å². The Labute approximate surface area is 208 Å². The van der Waals surface area contributed by atoms with Gasteiger partial charge in [-0.3, -0.25) is 14.5 Å². The van der Waals surface area contributed by atoms with E-state index in [-0.39, 0.29) is 18.2 Å². The first-order valence-corrected chi connectivity index (χ1v) is 11.2. The van der Waals surface area contributed by atoms with E-state index in [0.29, 0.717) is 41.9 Å². The number of ether oxygens (including phenoxy) is 1. The number of nitrogens with zero attached hydrogens (tertiary/aromatic N) is 3. The average molecular weight is 494 g/mol. The lowest BCUT2D eigenvalue weighted by molar-refractivity contribution is -0.109. The molecule has 3 aromatic rings. The number of carbonyl (C=O) groups is 2. The minimum Gasteiger partial charge on any atom is -0.443 e. The predicted octanol–water partition coefficient (Wildman–Crippen LogP) is 2.84. The second-order valence-electron chi connectivity index (χ2n) is 7.98. The summed E-state index contributed by atoms with van der Waals surface area (Å²) in [5.41, 5.74) is 8.61. The summed E-state index contributed by atoms with van der Waals surface area (Å²) < 4.78 is 21.1. The fraction of sp³-hybridized carbons (Fsp3) is 0.231. The first-order chi connectivity index (χ1) is 17.4. The quantitative estimate of drug-likeness (QED) is 0.489. The molecule has 1 aliphatic rings.